The van der Waals surface area contributed by atoms with E-state index in [-0.39, 0.29) is 31.1 Å². The third kappa shape index (κ3) is 9.69. The van der Waals surface area contributed by atoms with E-state index in [1.807, 2.05) is 84.7 Å². The first-order valence-electron chi connectivity index (χ1n) is 15.2. The third-order valence-electron chi connectivity index (χ3n) is 8.02. The van der Waals surface area contributed by atoms with Crippen LogP contribution in [0.4, 0.5) is 0 Å². The van der Waals surface area contributed by atoms with Crippen molar-refractivity contribution in [2.75, 3.05) is 20.1 Å². The number of amides is 1. The van der Waals surface area contributed by atoms with Gasteiger partial charge in [0, 0.05) is 31.6 Å². The summed E-state index contributed by atoms with van der Waals surface area (Å²) in [5, 5.41) is 32.8. The van der Waals surface area contributed by atoms with E-state index in [4.69, 9.17) is 44.3 Å². The predicted octanol–water partition coefficient (Wildman–Crippen LogP) is 6.75. The molecule has 1 aliphatic rings. The van der Waals surface area contributed by atoms with Crippen LogP contribution in [0.2, 0.25) is 0 Å². The van der Waals surface area contributed by atoms with Gasteiger partial charge in [-0.25, -0.2) is 0 Å². The highest BCUT2D eigenvalue weighted by Crippen LogP contribution is 2.39. The summed E-state index contributed by atoms with van der Waals surface area (Å²) in [6, 6.07) is 30.0. The Labute approximate surface area is 289 Å². The van der Waals surface area contributed by atoms with Crippen molar-refractivity contribution in [1.82, 2.24) is 10.2 Å². The molecule has 4 N–H and O–H groups in total. The van der Waals surface area contributed by atoms with Crippen LogP contribution in [0.3, 0.4) is 0 Å². The lowest BCUT2D eigenvalue weighted by Gasteiger charge is -2.38. The molecule has 8 nitrogen and oxygen atoms in total. The number of carbonyl (C=O) groups excluding carboxylic acids is 1. The van der Waals surface area contributed by atoms with Crippen LogP contribution in [0.1, 0.15) is 52.7 Å². The number of nitrogens with one attached hydrogen (secondary N) is 1. The molecule has 5 rings (SSSR count). The van der Waals surface area contributed by atoms with Crippen LogP contribution in [0, 0.1) is 0 Å². The van der Waals surface area contributed by atoms with Crippen molar-refractivity contribution in [2.24, 2.45) is 0 Å². The van der Waals surface area contributed by atoms with Crippen LogP contribution in [0.15, 0.2) is 97.1 Å². The fourth-order valence-electron chi connectivity index (χ4n) is 5.56. The van der Waals surface area contributed by atoms with Crippen molar-refractivity contribution in [3.63, 3.8) is 0 Å². The molecule has 0 saturated carbocycles. The van der Waals surface area contributed by atoms with Crippen molar-refractivity contribution in [3.8, 4) is 16.9 Å². The first kappa shape index (κ1) is 35.1. The molecule has 1 aliphatic heterocycles. The molecule has 0 unspecified atom stereocenters. The molecule has 11 heteroatoms. The highest BCUT2D eigenvalue weighted by atomic mass is 35.6. The van der Waals surface area contributed by atoms with Gasteiger partial charge in [0.25, 0.3) is 9.70 Å². The molecule has 47 heavy (non-hydrogen) atoms. The zero-order valence-corrected chi connectivity index (χ0v) is 28.0. The molecule has 4 atom stereocenters. The molecule has 0 spiro atoms. The number of nitrogens with zero attached hydrogens (tertiary/aromatic N) is 1. The van der Waals surface area contributed by atoms with Gasteiger partial charge < -0.3 is 35.0 Å². The molecule has 1 fully saturated rings. The van der Waals surface area contributed by atoms with Gasteiger partial charge in [0.2, 0.25) is 0 Å². The minimum absolute atomic E-state index is 0.0364. The molecule has 1 amide bonds. The Bertz CT molecular complexity index is 1630. The number of benzene rings is 4. The highest BCUT2D eigenvalue weighted by Gasteiger charge is 2.33. The van der Waals surface area contributed by atoms with E-state index in [0.717, 1.165) is 33.4 Å². The molecule has 1 heterocycles. The number of halogens is 3. The SMILES string of the molecule is CN(C[C@H]1C[C@@H](c2ccc(CO)cc2)O[C@@H](c2ccc(-c3cccc(CNC(=O)C(Cl)(Cl)Cl)c3)cc2)O1)C[C@@H](O)c1cccc(O)c1. The van der Waals surface area contributed by atoms with Gasteiger partial charge in [-0.2, -0.15) is 0 Å². The quantitative estimate of drug-likeness (QED) is 0.128. The second kappa shape index (κ2) is 15.8. The standard InChI is InChI=1S/C36H37Cl3N2O6/c1-41(21-32(44)29-6-3-7-30(43)17-29)20-31-18-33(26-10-8-23(22-42)9-11-26)47-34(46-31)27-14-12-25(13-15-27)28-5-2-4-24(16-28)19-40-35(45)36(37,38)39/h2-17,31-34,42-44H,18-22H2,1H3,(H,40,45)/t31-,32-,33+,34+/m1/s1. The number of aliphatic hydroxyl groups excluding tert-OH is 2. The fourth-order valence-corrected chi connectivity index (χ4v) is 5.76. The van der Waals surface area contributed by atoms with Crippen LogP contribution in [-0.4, -0.2) is 56.2 Å². The molecule has 248 valence electrons. The van der Waals surface area contributed by atoms with Crippen LogP contribution >= 0.6 is 34.8 Å². The zero-order valence-electron chi connectivity index (χ0n) is 25.7. The van der Waals surface area contributed by atoms with Crippen LogP contribution < -0.4 is 5.32 Å². The number of phenols is 1. The third-order valence-corrected chi connectivity index (χ3v) is 8.54. The Morgan fingerprint density at radius 2 is 1.62 bits per heavy atom. The average Bonchev–Trinajstić information content (AvgIpc) is 3.06. The van der Waals surface area contributed by atoms with Crippen molar-refractivity contribution in [3.05, 3.63) is 125 Å². The Kier molecular flexibility index (Phi) is 11.8. The number of hydrogen-bond acceptors (Lipinski definition) is 7. The second-order valence-electron chi connectivity index (χ2n) is 11.7. The lowest BCUT2D eigenvalue weighted by atomic mass is 9.99. The Morgan fingerprint density at radius 1 is 0.915 bits per heavy atom. The maximum absolute atomic E-state index is 12.0. The van der Waals surface area contributed by atoms with Crippen molar-refractivity contribution >= 4 is 40.7 Å². The molecule has 0 bridgehead atoms. The normalized spacial score (nSPS) is 19.0. The van der Waals surface area contributed by atoms with Crippen molar-refractivity contribution in [2.45, 2.75) is 48.0 Å². The van der Waals surface area contributed by atoms with E-state index in [9.17, 15) is 20.1 Å². The van der Waals surface area contributed by atoms with Crippen LogP contribution in [0.25, 0.3) is 11.1 Å². The van der Waals surface area contributed by atoms with Gasteiger partial charge in [0.05, 0.1) is 24.9 Å². The van der Waals surface area contributed by atoms with Crippen molar-refractivity contribution < 1.29 is 29.6 Å². The van der Waals surface area contributed by atoms with Gasteiger partial charge in [0.15, 0.2) is 6.29 Å². The highest BCUT2D eigenvalue weighted by molar-refractivity contribution is 6.76. The predicted molar refractivity (Wildman–Crippen MR) is 183 cm³/mol. The monoisotopic (exact) mass is 698 g/mol. The van der Waals surface area contributed by atoms with Crippen molar-refractivity contribution in [1.29, 1.82) is 0 Å². The molecule has 1 saturated heterocycles. The maximum atomic E-state index is 12.0. The summed E-state index contributed by atoms with van der Waals surface area (Å²) >= 11 is 17.0. The lowest BCUT2D eigenvalue weighted by molar-refractivity contribution is -0.252. The van der Waals surface area contributed by atoms with Gasteiger partial charge in [-0.15, -0.1) is 0 Å². The Morgan fingerprint density at radius 3 is 2.30 bits per heavy atom. The second-order valence-corrected chi connectivity index (χ2v) is 14.0. The number of carbonyl (C=O) groups is 1. The van der Waals surface area contributed by atoms with Gasteiger partial charge in [-0.05, 0) is 58.6 Å². The molecule has 4 aromatic carbocycles. The number of likely N-dealkylation sites (N-methyl/N-ethyl adjacent to an activating group) is 1. The minimum Gasteiger partial charge on any atom is -0.508 e. The summed E-state index contributed by atoms with van der Waals surface area (Å²) < 4.78 is 11.0. The minimum atomic E-state index is -2.03. The van der Waals surface area contributed by atoms with E-state index in [1.54, 1.807) is 24.3 Å². The smallest absolute Gasteiger partial charge is 0.272 e. The Balaban J connectivity index is 1.30. The van der Waals surface area contributed by atoms with Crippen LogP contribution in [0.5, 0.6) is 5.75 Å². The number of hydrogen-bond donors (Lipinski definition) is 4. The first-order chi connectivity index (χ1) is 22.5. The van der Waals surface area contributed by atoms with E-state index in [2.05, 4.69) is 5.32 Å². The number of rotatable bonds is 11. The van der Waals surface area contributed by atoms with Gasteiger partial charge >= 0.3 is 0 Å². The summed E-state index contributed by atoms with van der Waals surface area (Å²) in [5.41, 5.74) is 6.07. The largest absolute Gasteiger partial charge is 0.508 e. The summed E-state index contributed by atoms with van der Waals surface area (Å²) in [6.07, 6.45) is -1.28. The summed E-state index contributed by atoms with van der Waals surface area (Å²) in [4.78, 5) is 14.0. The summed E-state index contributed by atoms with van der Waals surface area (Å²) in [6.45, 7) is 1.07. The molecular formula is C36H37Cl3N2O6. The van der Waals surface area contributed by atoms with E-state index in [0.29, 0.717) is 25.1 Å². The maximum Gasteiger partial charge on any atom is 0.272 e. The number of ether oxygens (including phenoxy) is 2. The summed E-state index contributed by atoms with van der Waals surface area (Å²) in [5.74, 6) is -0.580. The zero-order chi connectivity index (χ0) is 33.6. The summed E-state index contributed by atoms with van der Waals surface area (Å²) in [7, 11) is 1.93. The van der Waals surface area contributed by atoms with E-state index < -0.39 is 22.1 Å². The molecule has 0 radical (unpaired) electrons. The van der Waals surface area contributed by atoms with Crippen LogP contribution in [-0.2, 0) is 27.4 Å². The number of aromatic hydroxyl groups is 1. The number of alkyl halides is 3. The van der Waals surface area contributed by atoms with E-state index in [1.165, 1.54) is 0 Å². The molecular weight excluding hydrogens is 663 g/mol. The van der Waals surface area contributed by atoms with E-state index >= 15 is 0 Å². The fraction of sp³-hybridized carbons (Fsp3) is 0.306. The van der Waals surface area contributed by atoms with Gasteiger partial charge in [-0.3, -0.25) is 4.79 Å². The number of phenolic OH excluding ortho intramolecular Hbond substituents is 1. The van der Waals surface area contributed by atoms with Gasteiger partial charge in [0.1, 0.15) is 5.75 Å². The Hall–Kier alpha value is -3.18. The number of aliphatic hydroxyl groups is 2. The van der Waals surface area contributed by atoms with Gasteiger partial charge in [-0.1, -0.05) is 114 Å². The first-order valence-corrected chi connectivity index (χ1v) is 16.3. The molecule has 0 aromatic heterocycles. The lowest BCUT2D eigenvalue weighted by Crippen LogP contribution is -2.39. The molecule has 0 aliphatic carbocycles. The molecule has 4 aromatic rings. The average molecular weight is 700 g/mol. The topological polar surface area (TPSA) is 111 Å².